The van der Waals surface area contributed by atoms with Crippen LogP contribution >= 0.6 is 24.0 Å². The van der Waals surface area contributed by atoms with Crippen LogP contribution in [0.4, 0.5) is 0 Å². The zero-order valence-corrected chi connectivity index (χ0v) is 14.5. The number of halogens is 1. The van der Waals surface area contributed by atoms with Crippen LogP contribution < -0.4 is 10.6 Å². The van der Waals surface area contributed by atoms with Gasteiger partial charge in [0.25, 0.3) is 0 Å². The molecule has 2 bridgehead atoms. The molecule has 2 saturated heterocycles. The maximum absolute atomic E-state index is 5.86. The van der Waals surface area contributed by atoms with E-state index < -0.39 is 0 Å². The molecule has 2 rings (SSSR count). The van der Waals surface area contributed by atoms with Crippen LogP contribution in [0.25, 0.3) is 0 Å². The zero-order valence-electron chi connectivity index (χ0n) is 12.2. The Balaban J connectivity index is 0.00000180. The van der Waals surface area contributed by atoms with E-state index >= 15 is 0 Å². The molecule has 2 heterocycles. The third kappa shape index (κ3) is 5.10. The molecule has 2 aliphatic rings. The van der Waals surface area contributed by atoms with Crippen LogP contribution in [0.5, 0.6) is 0 Å². The first-order chi connectivity index (χ1) is 8.83. The highest BCUT2D eigenvalue weighted by Crippen LogP contribution is 2.34. The number of fused-ring (bicyclic) bond motifs is 2. The predicted octanol–water partition coefficient (Wildman–Crippen LogP) is 2.67. The highest BCUT2D eigenvalue weighted by Gasteiger charge is 2.41. The monoisotopic (exact) mass is 381 g/mol. The van der Waals surface area contributed by atoms with Crippen molar-refractivity contribution in [3.63, 3.8) is 0 Å². The number of nitrogens with zero attached hydrogens (tertiary/aromatic N) is 1. The summed E-state index contributed by atoms with van der Waals surface area (Å²) in [5.41, 5.74) is 0. The summed E-state index contributed by atoms with van der Waals surface area (Å²) >= 11 is 0. The molecule has 19 heavy (non-hydrogen) atoms. The molecule has 0 saturated carbocycles. The fraction of sp³-hybridized carbons (Fsp3) is 0.929. The van der Waals surface area contributed by atoms with Crippen molar-refractivity contribution in [2.75, 3.05) is 13.1 Å². The molecule has 0 aromatic heterocycles. The Morgan fingerprint density at radius 3 is 2.68 bits per heavy atom. The second-order valence-corrected chi connectivity index (χ2v) is 5.33. The van der Waals surface area contributed by atoms with Crippen molar-refractivity contribution in [1.82, 2.24) is 10.6 Å². The summed E-state index contributed by atoms with van der Waals surface area (Å²) in [6.45, 7) is 6.17. The van der Waals surface area contributed by atoms with Crippen molar-refractivity contribution in [2.24, 2.45) is 4.99 Å². The molecule has 2 N–H and O–H groups in total. The lowest BCUT2D eigenvalue weighted by Gasteiger charge is -2.22. The summed E-state index contributed by atoms with van der Waals surface area (Å²) in [5.74, 6) is 0.967. The summed E-state index contributed by atoms with van der Waals surface area (Å²) in [4.78, 5) is 4.64. The predicted molar refractivity (Wildman–Crippen MR) is 90.4 cm³/mol. The standard InChI is InChI=1S/C14H27N3O.HI/c1-3-5-6-9-16-14(15-4-2)17-12-10-11-7-8-13(12)18-11;/h11-13H,3-10H2,1-2H3,(H2,15,16,17);1H. The Kier molecular flexibility index (Phi) is 8.06. The number of guanidine groups is 1. The molecule has 3 unspecified atom stereocenters. The van der Waals surface area contributed by atoms with Crippen molar-refractivity contribution >= 4 is 29.9 Å². The first kappa shape index (κ1) is 17.0. The molecule has 0 radical (unpaired) electrons. The summed E-state index contributed by atoms with van der Waals surface area (Å²) < 4.78 is 5.86. The van der Waals surface area contributed by atoms with Crippen LogP contribution in [-0.4, -0.2) is 37.3 Å². The Hall–Kier alpha value is -0.0400. The summed E-state index contributed by atoms with van der Waals surface area (Å²) in [5, 5.41) is 6.87. The van der Waals surface area contributed by atoms with Crippen molar-refractivity contribution < 1.29 is 4.74 Å². The van der Waals surface area contributed by atoms with Crippen LogP contribution in [0, 0.1) is 0 Å². The van der Waals surface area contributed by atoms with Crippen LogP contribution in [0.1, 0.15) is 52.4 Å². The number of hydrogen-bond acceptors (Lipinski definition) is 2. The number of ether oxygens (including phenoxy) is 1. The number of unbranched alkanes of at least 4 members (excludes halogenated alkanes) is 2. The van der Waals surface area contributed by atoms with Crippen LogP contribution in [0.15, 0.2) is 4.99 Å². The Labute approximate surface area is 134 Å². The number of rotatable bonds is 6. The number of nitrogens with one attached hydrogen (secondary N) is 2. The summed E-state index contributed by atoms with van der Waals surface area (Å²) in [6, 6.07) is 0.465. The van der Waals surface area contributed by atoms with E-state index in [1.807, 2.05) is 0 Å². The molecule has 2 aliphatic heterocycles. The summed E-state index contributed by atoms with van der Waals surface area (Å²) in [6.07, 6.45) is 8.19. The summed E-state index contributed by atoms with van der Waals surface area (Å²) in [7, 11) is 0. The van der Waals surface area contributed by atoms with Gasteiger partial charge in [-0.05, 0) is 32.6 Å². The minimum atomic E-state index is 0. The van der Waals surface area contributed by atoms with Gasteiger partial charge in [0.15, 0.2) is 5.96 Å². The third-order valence-corrected chi connectivity index (χ3v) is 3.80. The zero-order chi connectivity index (χ0) is 12.8. The topological polar surface area (TPSA) is 45.7 Å². The molecule has 0 aliphatic carbocycles. The van der Waals surface area contributed by atoms with Gasteiger partial charge >= 0.3 is 0 Å². The number of hydrogen-bond donors (Lipinski definition) is 2. The van der Waals surface area contributed by atoms with Gasteiger partial charge in [-0.1, -0.05) is 19.8 Å². The van der Waals surface area contributed by atoms with Crippen molar-refractivity contribution in [3.05, 3.63) is 0 Å². The van der Waals surface area contributed by atoms with E-state index in [0.717, 1.165) is 25.5 Å². The van der Waals surface area contributed by atoms with Gasteiger partial charge < -0.3 is 15.4 Å². The van der Waals surface area contributed by atoms with E-state index in [9.17, 15) is 0 Å². The van der Waals surface area contributed by atoms with Gasteiger partial charge in [0.05, 0.1) is 18.2 Å². The molecule has 3 atom stereocenters. The fourth-order valence-electron chi connectivity index (χ4n) is 2.84. The molecule has 0 aromatic carbocycles. The lowest BCUT2D eigenvalue weighted by molar-refractivity contribution is 0.0992. The molecule has 5 heteroatoms. The van der Waals surface area contributed by atoms with E-state index in [4.69, 9.17) is 4.74 Å². The van der Waals surface area contributed by atoms with Crippen molar-refractivity contribution in [2.45, 2.75) is 70.6 Å². The van der Waals surface area contributed by atoms with Gasteiger partial charge in [0.1, 0.15) is 0 Å². The van der Waals surface area contributed by atoms with Crippen molar-refractivity contribution in [1.29, 1.82) is 0 Å². The lowest BCUT2D eigenvalue weighted by Crippen LogP contribution is -2.47. The van der Waals surface area contributed by atoms with Gasteiger partial charge in [-0.2, -0.15) is 0 Å². The normalized spacial score (nSPS) is 29.2. The molecule has 4 nitrogen and oxygen atoms in total. The Bertz CT molecular complexity index is 286. The molecule has 112 valence electrons. The molecular formula is C14H28IN3O. The van der Waals surface area contributed by atoms with Gasteiger partial charge in [0, 0.05) is 13.1 Å². The van der Waals surface area contributed by atoms with Gasteiger partial charge in [0.2, 0.25) is 0 Å². The smallest absolute Gasteiger partial charge is 0.191 e. The quantitative estimate of drug-likeness (QED) is 0.322. The van der Waals surface area contributed by atoms with E-state index in [-0.39, 0.29) is 24.0 Å². The van der Waals surface area contributed by atoms with Gasteiger partial charge in [-0.3, -0.25) is 4.99 Å². The van der Waals surface area contributed by atoms with Crippen LogP contribution in [-0.2, 0) is 4.74 Å². The fourth-order valence-corrected chi connectivity index (χ4v) is 2.84. The third-order valence-electron chi connectivity index (χ3n) is 3.80. The van der Waals surface area contributed by atoms with Gasteiger partial charge in [-0.15, -0.1) is 24.0 Å². The van der Waals surface area contributed by atoms with Gasteiger partial charge in [-0.25, -0.2) is 0 Å². The van der Waals surface area contributed by atoms with E-state index in [1.165, 1.54) is 32.1 Å². The second-order valence-electron chi connectivity index (χ2n) is 5.33. The first-order valence-electron chi connectivity index (χ1n) is 7.53. The van der Waals surface area contributed by atoms with E-state index in [2.05, 4.69) is 29.5 Å². The molecule has 0 amide bonds. The Morgan fingerprint density at radius 2 is 2.11 bits per heavy atom. The van der Waals surface area contributed by atoms with Crippen LogP contribution in [0.3, 0.4) is 0 Å². The largest absolute Gasteiger partial charge is 0.373 e. The SMILES string of the molecule is CCCCCN=C(NCC)NC1CC2CCC1O2.I. The van der Waals surface area contributed by atoms with Crippen molar-refractivity contribution in [3.8, 4) is 0 Å². The maximum atomic E-state index is 5.86. The lowest BCUT2D eigenvalue weighted by atomic mass is 9.96. The van der Waals surface area contributed by atoms with Crippen LogP contribution in [0.2, 0.25) is 0 Å². The molecule has 0 spiro atoms. The molecule has 2 fully saturated rings. The molecule has 0 aromatic rings. The van der Waals surface area contributed by atoms with E-state index in [1.54, 1.807) is 0 Å². The maximum Gasteiger partial charge on any atom is 0.191 e. The first-order valence-corrected chi connectivity index (χ1v) is 7.53. The minimum absolute atomic E-state index is 0. The average molecular weight is 381 g/mol. The Morgan fingerprint density at radius 1 is 1.26 bits per heavy atom. The highest BCUT2D eigenvalue weighted by molar-refractivity contribution is 14.0. The second kappa shape index (κ2) is 9.00. The minimum Gasteiger partial charge on any atom is -0.373 e. The highest BCUT2D eigenvalue weighted by atomic mass is 127. The average Bonchev–Trinajstić information content (AvgIpc) is 2.97. The number of aliphatic imine (C=N–C) groups is 1. The van der Waals surface area contributed by atoms with E-state index in [0.29, 0.717) is 18.2 Å². The molecular weight excluding hydrogens is 353 g/mol.